The van der Waals surface area contributed by atoms with Gasteiger partial charge in [0.25, 0.3) is 0 Å². The van der Waals surface area contributed by atoms with Crippen molar-refractivity contribution in [1.82, 2.24) is 20.1 Å². The molecule has 0 saturated carbocycles. The molecule has 0 aliphatic carbocycles. The van der Waals surface area contributed by atoms with Crippen LogP contribution in [-0.2, 0) is 0 Å². The van der Waals surface area contributed by atoms with Crippen LogP contribution >= 0.6 is 0 Å². The predicted molar refractivity (Wildman–Crippen MR) is 103 cm³/mol. The monoisotopic (exact) mass is 349 g/mol. The highest BCUT2D eigenvalue weighted by Crippen LogP contribution is 2.34. The number of fused-ring (bicyclic) bond motifs is 1. The van der Waals surface area contributed by atoms with Gasteiger partial charge in [0.05, 0.1) is 0 Å². The van der Waals surface area contributed by atoms with Gasteiger partial charge in [-0.1, -0.05) is 6.07 Å². The minimum absolute atomic E-state index is 0.207. The van der Waals surface area contributed by atoms with Crippen LogP contribution in [0.3, 0.4) is 0 Å². The normalized spacial score (nSPS) is 18.2. The third-order valence-corrected chi connectivity index (χ3v) is 4.95. The van der Waals surface area contributed by atoms with Crippen LogP contribution in [0.5, 0.6) is 5.75 Å². The molecule has 6 nitrogen and oxygen atoms in total. The van der Waals surface area contributed by atoms with Crippen LogP contribution in [-0.4, -0.2) is 51.4 Å². The molecule has 26 heavy (non-hydrogen) atoms. The van der Waals surface area contributed by atoms with Crippen molar-refractivity contribution in [2.24, 2.45) is 0 Å². The maximum atomic E-state index is 10.4. The second kappa shape index (κ2) is 6.88. The Balaban J connectivity index is 1.76. The summed E-state index contributed by atoms with van der Waals surface area (Å²) in [4.78, 5) is 6.59. The first-order valence-electron chi connectivity index (χ1n) is 8.97. The first-order chi connectivity index (χ1) is 12.6. The fourth-order valence-corrected chi connectivity index (χ4v) is 3.62. The number of rotatable bonds is 3. The Labute approximate surface area is 152 Å². The highest BCUT2D eigenvalue weighted by atomic mass is 16.3. The molecule has 0 unspecified atom stereocenters. The summed E-state index contributed by atoms with van der Waals surface area (Å²) in [5, 5.41) is 24.6. The van der Waals surface area contributed by atoms with E-state index >= 15 is 0 Å². The zero-order chi connectivity index (χ0) is 18.1. The molecular formula is C20H23N5O. The second-order valence-electron chi connectivity index (χ2n) is 7.08. The molecule has 4 rings (SSSR count). The number of pyridine rings is 1. The molecular weight excluding hydrogens is 326 g/mol. The van der Waals surface area contributed by atoms with Crippen LogP contribution in [0.1, 0.15) is 18.4 Å². The third-order valence-electron chi connectivity index (χ3n) is 4.95. The highest BCUT2D eigenvalue weighted by molar-refractivity contribution is 6.00. The number of phenolic OH excluding ortho intramolecular Hbond substituents is 1. The minimum Gasteiger partial charge on any atom is -0.507 e. The number of hydrogen-bond donors (Lipinski definition) is 2. The van der Waals surface area contributed by atoms with E-state index in [-0.39, 0.29) is 5.75 Å². The number of aryl methyl sites for hydroxylation is 1. The van der Waals surface area contributed by atoms with E-state index in [1.54, 1.807) is 18.5 Å². The minimum atomic E-state index is 0.207. The zero-order valence-electron chi connectivity index (χ0n) is 15.1. The molecule has 1 fully saturated rings. The van der Waals surface area contributed by atoms with E-state index in [2.05, 4.69) is 32.4 Å². The largest absolute Gasteiger partial charge is 0.507 e. The number of nitrogens with one attached hydrogen (secondary N) is 1. The van der Waals surface area contributed by atoms with Crippen LogP contribution in [0.4, 0.5) is 5.82 Å². The quantitative estimate of drug-likeness (QED) is 0.756. The van der Waals surface area contributed by atoms with E-state index in [0.29, 0.717) is 17.3 Å². The average Bonchev–Trinajstić information content (AvgIpc) is 2.63. The number of aromatic nitrogens is 3. The number of nitrogens with zero attached hydrogens (tertiary/aromatic N) is 4. The van der Waals surface area contributed by atoms with Gasteiger partial charge in [0, 0.05) is 41.3 Å². The molecule has 3 aromatic rings. The molecule has 6 heteroatoms. The Kier molecular flexibility index (Phi) is 4.42. The maximum Gasteiger partial charge on any atom is 0.156 e. The molecule has 134 valence electrons. The fraction of sp³-hybridized carbons (Fsp3) is 0.350. The molecule has 1 saturated heterocycles. The lowest BCUT2D eigenvalue weighted by molar-refractivity contribution is 0.261. The third kappa shape index (κ3) is 3.20. The van der Waals surface area contributed by atoms with Crippen molar-refractivity contribution in [1.29, 1.82) is 0 Å². The van der Waals surface area contributed by atoms with E-state index in [0.717, 1.165) is 41.7 Å². The molecule has 0 bridgehead atoms. The Bertz CT molecular complexity index is 943. The summed E-state index contributed by atoms with van der Waals surface area (Å²) in [5.74, 6) is 0.983. The molecule has 2 aromatic heterocycles. The van der Waals surface area contributed by atoms with Gasteiger partial charge in [-0.15, -0.1) is 10.2 Å². The molecule has 1 aliphatic rings. The van der Waals surface area contributed by atoms with Crippen LogP contribution < -0.4 is 5.32 Å². The fourth-order valence-electron chi connectivity index (χ4n) is 3.62. The number of piperidine rings is 1. The molecule has 1 aromatic carbocycles. The smallest absolute Gasteiger partial charge is 0.156 e. The van der Waals surface area contributed by atoms with Gasteiger partial charge in [-0.25, -0.2) is 0 Å². The summed E-state index contributed by atoms with van der Waals surface area (Å²) >= 11 is 0. The predicted octanol–water partition coefficient (Wildman–Crippen LogP) is 3.21. The Morgan fingerprint density at radius 1 is 1.19 bits per heavy atom. The van der Waals surface area contributed by atoms with Crippen molar-refractivity contribution >= 4 is 16.6 Å². The molecule has 0 radical (unpaired) electrons. The van der Waals surface area contributed by atoms with Crippen LogP contribution in [0.15, 0.2) is 36.7 Å². The molecule has 2 N–H and O–H groups in total. The van der Waals surface area contributed by atoms with Gasteiger partial charge < -0.3 is 15.3 Å². The summed E-state index contributed by atoms with van der Waals surface area (Å²) in [7, 11) is 2.14. The van der Waals surface area contributed by atoms with E-state index in [1.807, 2.05) is 25.1 Å². The van der Waals surface area contributed by atoms with Gasteiger partial charge in [0.1, 0.15) is 11.4 Å². The lowest BCUT2D eigenvalue weighted by Gasteiger charge is -2.30. The van der Waals surface area contributed by atoms with Gasteiger partial charge >= 0.3 is 0 Å². The average molecular weight is 349 g/mol. The molecule has 1 aliphatic heterocycles. The van der Waals surface area contributed by atoms with Crippen LogP contribution in [0, 0.1) is 6.92 Å². The van der Waals surface area contributed by atoms with Gasteiger partial charge in [-0.05, 0) is 57.1 Å². The van der Waals surface area contributed by atoms with Crippen molar-refractivity contribution in [3.63, 3.8) is 0 Å². The Morgan fingerprint density at radius 3 is 2.88 bits per heavy atom. The number of phenols is 1. The first-order valence-corrected chi connectivity index (χ1v) is 8.97. The maximum absolute atomic E-state index is 10.4. The summed E-state index contributed by atoms with van der Waals surface area (Å²) in [6.45, 7) is 4.08. The number of benzene rings is 1. The standard InChI is InChI=1S/C20H23N5O/c1-13-5-6-16(18(26)10-13)19-17-11-21-8-7-15(17)20(24-23-19)22-14-4-3-9-25(2)12-14/h5-8,10-11,14,26H,3-4,9,12H2,1-2H3,(H,22,24)/t14-/m1/s1. The molecule has 1 atom stereocenters. The zero-order valence-corrected chi connectivity index (χ0v) is 15.1. The van der Waals surface area contributed by atoms with Crippen molar-refractivity contribution in [2.75, 3.05) is 25.5 Å². The van der Waals surface area contributed by atoms with Gasteiger partial charge in [0.2, 0.25) is 0 Å². The van der Waals surface area contributed by atoms with Crippen LogP contribution in [0.2, 0.25) is 0 Å². The molecule has 3 heterocycles. The lowest BCUT2D eigenvalue weighted by atomic mass is 10.0. The van der Waals surface area contributed by atoms with Crippen molar-refractivity contribution in [3.8, 4) is 17.0 Å². The number of hydrogen-bond acceptors (Lipinski definition) is 6. The van der Waals surface area contributed by atoms with Gasteiger partial charge in [-0.3, -0.25) is 4.98 Å². The van der Waals surface area contributed by atoms with E-state index in [9.17, 15) is 5.11 Å². The van der Waals surface area contributed by atoms with Crippen molar-refractivity contribution in [2.45, 2.75) is 25.8 Å². The second-order valence-corrected chi connectivity index (χ2v) is 7.08. The Hall–Kier alpha value is -2.73. The van der Waals surface area contributed by atoms with Crippen LogP contribution in [0.25, 0.3) is 22.0 Å². The number of anilines is 1. The number of likely N-dealkylation sites (N-methyl/N-ethyl adjacent to an activating group) is 1. The van der Waals surface area contributed by atoms with Gasteiger partial charge in [-0.2, -0.15) is 0 Å². The lowest BCUT2D eigenvalue weighted by Crippen LogP contribution is -2.40. The summed E-state index contributed by atoms with van der Waals surface area (Å²) < 4.78 is 0. The first kappa shape index (κ1) is 16.7. The number of likely N-dealkylation sites (tertiary alicyclic amines) is 1. The number of aromatic hydroxyl groups is 1. The van der Waals surface area contributed by atoms with E-state index in [4.69, 9.17) is 0 Å². The summed E-state index contributed by atoms with van der Waals surface area (Å²) in [6.07, 6.45) is 5.85. The topological polar surface area (TPSA) is 74.2 Å². The van der Waals surface area contributed by atoms with Crippen molar-refractivity contribution < 1.29 is 5.11 Å². The summed E-state index contributed by atoms with van der Waals surface area (Å²) in [5.41, 5.74) is 2.32. The SMILES string of the molecule is Cc1ccc(-c2nnc(N[C@@H]3CCCN(C)C3)c3ccncc23)c(O)c1. The highest BCUT2D eigenvalue weighted by Gasteiger charge is 2.20. The van der Waals surface area contributed by atoms with E-state index in [1.165, 1.54) is 6.42 Å². The Morgan fingerprint density at radius 2 is 2.08 bits per heavy atom. The molecule has 0 spiro atoms. The summed E-state index contributed by atoms with van der Waals surface area (Å²) in [6, 6.07) is 7.89. The van der Waals surface area contributed by atoms with E-state index < -0.39 is 0 Å². The van der Waals surface area contributed by atoms with Gasteiger partial charge in [0.15, 0.2) is 5.82 Å². The van der Waals surface area contributed by atoms with Crippen molar-refractivity contribution in [3.05, 3.63) is 42.2 Å². The molecule has 0 amide bonds.